The first-order valence-electron chi connectivity index (χ1n) is 7.10. The Morgan fingerprint density at radius 1 is 1.10 bits per heavy atom. The van der Waals surface area contributed by atoms with Gasteiger partial charge in [-0.25, -0.2) is 0 Å². The molecule has 2 rings (SSSR count). The van der Waals surface area contributed by atoms with E-state index in [-0.39, 0.29) is 5.91 Å². The molecule has 5 heteroatoms. The van der Waals surface area contributed by atoms with Crippen molar-refractivity contribution in [1.82, 2.24) is 10.2 Å². The Bertz CT molecular complexity index is 391. The number of carbonyl (C=O) groups is 1. The topological polar surface area (TPSA) is 50.8 Å². The number of ether oxygens (including phenoxy) is 2. The highest BCUT2D eigenvalue weighted by Crippen LogP contribution is 2.07. The van der Waals surface area contributed by atoms with E-state index in [4.69, 9.17) is 9.47 Å². The summed E-state index contributed by atoms with van der Waals surface area (Å²) in [5.41, 5.74) is 0. The summed E-state index contributed by atoms with van der Waals surface area (Å²) in [4.78, 5) is 13.7. The summed E-state index contributed by atoms with van der Waals surface area (Å²) in [5, 5.41) is 3.23. The molecule has 0 atom stereocenters. The van der Waals surface area contributed by atoms with Crippen molar-refractivity contribution >= 4 is 5.91 Å². The van der Waals surface area contributed by atoms with Gasteiger partial charge < -0.3 is 19.7 Å². The number of hydrogen-bond donors (Lipinski definition) is 1. The summed E-state index contributed by atoms with van der Waals surface area (Å²) >= 11 is 0. The van der Waals surface area contributed by atoms with Crippen LogP contribution in [0.5, 0.6) is 5.75 Å². The van der Waals surface area contributed by atoms with Gasteiger partial charge in [0.25, 0.3) is 0 Å². The Morgan fingerprint density at radius 2 is 1.85 bits per heavy atom. The maximum Gasteiger partial charge on any atom is 0.224 e. The van der Waals surface area contributed by atoms with Gasteiger partial charge in [0.2, 0.25) is 5.91 Å². The molecule has 0 bridgehead atoms. The molecule has 0 aromatic heterocycles. The Kier molecular flexibility index (Phi) is 6.34. The van der Waals surface area contributed by atoms with Crippen LogP contribution in [0.25, 0.3) is 0 Å². The predicted molar refractivity (Wildman–Crippen MR) is 76.8 cm³/mol. The second-order valence-electron chi connectivity index (χ2n) is 4.65. The first kappa shape index (κ1) is 14.8. The third-order valence-electron chi connectivity index (χ3n) is 3.17. The summed E-state index contributed by atoms with van der Waals surface area (Å²) in [6.45, 7) is 4.84. The lowest BCUT2D eigenvalue weighted by molar-refractivity contribution is -0.132. The van der Waals surface area contributed by atoms with Gasteiger partial charge in [0.15, 0.2) is 0 Å². The minimum absolute atomic E-state index is 0.176. The number of amides is 1. The van der Waals surface area contributed by atoms with E-state index in [0.29, 0.717) is 26.2 Å². The number of nitrogens with zero attached hydrogens (tertiary/aromatic N) is 1. The van der Waals surface area contributed by atoms with E-state index < -0.39 is 0 Å². The number of carbonyl (C=O) groups excluding carboxylic acids is 1. The highest BCUT2D eigenvalue weighted by atomic mass is 16.5. The van der Waals surface area contributed by atoms with E-state index in [9.17, 15) is 4.79 Å². The molecular formula is C15H22N2O3. The zero-order valence-electron chi connectivity index (χ0n) is 11.7. The molecule has 0 spiro atoms. The minimum atomic E-state index is 0.176. The fourth-order valence-corrected chi connectivity index (χ4v) is 2.07. The van der Waals surface area contributed by atoms with Crippen LogP contribution in [0.2, 0.25) is 0 Å². The lowest BCUT2D eigenvalue weighted by Crippen LogP contribution is -2.46. The molecule has 0 unspecified atom stereocenters. The van der Waals surface area contributed by atoms with E-state index in [1.807, 2.05) is 35.2 Å². The van der Waals surface area contributed by atoms with E-state index in [0.717, 1.165) is 31.9 Å². The predicted octanol–water partition coefficient (Wildman–Crippen LogP) is 0.904. The number of benzene rings is 1. The molecule has 1 fully saturated rings. The summed E-state index contributed by atoms with van der Waals surface area (Å²) in [6, 6.07) is 9.64. The van der Waals surface area contributed by atoms with E-state index >= 15 is 0 Å². The average Bonchev–Trinajstić information content (AvgIpc) is 2.52. The van der Waals surface area contributed by atoms with Crippen LogP contribution in [-0.2, 0) is 9.53 Å². The van der Waals surface area contributed by atoms with Crippen molar-refractivity contribution in [3.05, 3.63) is 30.3 Å². The van der Waals surface area contributed by atoms with Gasteiger partial charge in [-0.15, -0.1) is 0 Å². The van der Waals surface area contributed by atoms with Crippen LogP contribution < -0.4 is 10.1 Å². The van der Waals surface area contributed by atoms with E-state index in [1.54, 1.807) is 0 Å². The van der Waals surface area contributed by atoms with Crippen molar-refractivity contribution in [3.8, 4) is 5.75 Å². The molecule has 0 radical (unpaired) electrons. The molecule has 110 valence electrons. The fourth-order valence-electron chi connectivity index (χ4n) is 2.07. The minimum Gasteiger partial charge on any atom is -0.491 e. The standard InChI is InChI=1S/C15H22N2O3/c18-15(17-9-7-16-8-10-17)6-11-19-12-13-20-14-4-2-1-3-5-14/h1-5,16H,6-13H2. The van der Waals surface area contributed by atoms with Crippen molar-refractivity contribution in [3.63, 3.8) is 0 Å². The number of para-hydroxylation sites is 1. The number of piperazine rings is 1. The first-order chi connectivity index (χ1) is 9.86. The van der Waals surface area contributed by atoms with Crippen molar-refractivity contribution < 1.29 is 14.3 Å². The van der Waals surface area contributed by atoms with Crippen molar-refractivity contribution in [2.24, 2.45) is 0 Å². The quantitative estimate of drug-likeness (QED) is 0.753. The van der Waals surface area contributed by atoms with Gasteiger partial charge in [-0.2, -0.15) is 0 Å². The number of nitrogens with one attached hydrogen (secondary N) is 1. The van der Waals surface area contributed by atoms with Gasteiger partial charge in [0.1, 0.15) is 12.4 Å². The van der Waals surface area contributed by atoms with Gasteiger partial charge in [0, 0.05) is 26.2 Å². The molecule has 1 aromatic carbocycles. The molecule has 1 N–H and O–H groups in total. The van der Waals surface area contributed by atoms with Gasteiger partial charge in [-0.3, -0.25) is 4.79 Å². The van der Waals surface area contributed by atoms with Crippen molar-refractivity contribution in [2.45, 2.75) is 6.42 Å². The largest absolute Gasteiger partial charge is 0.491 e. The third-order valence-corrected chi connectivity index (χ3v) is 3.17. The van der Waals surface area contributed by atoms with E-state index in [1.165, 1.54) is 0 Å². The van der Waals surface area contributed by atoms with Gasteiger partial charge in [-0.1, -0.05) is 18.2 Å². The monoisotopic (exact) mass is 278 g/mol. The third kappa shape index (κ3) is 5.19. The number of rotatable bonds is 7. The van der Waals surface area contributed by atoms with Crippen molar-refractivity contribution in [2.75, 3.05) is 46.0 Å². The van der Waals surface area contributed by atoms with Crippen LogP contribution in [0.3, 0.4) is 0 Å². The lowest BCUT2D eigenvalue weighted by atomic mass is 10.3. The normalized spacial score (nSPS) is 15.1. The molecule has 5 nitrogen and oxygen atoms in total. The van der Waals surface area contributed by atoms with Crippen LogP contribution in [-0.4, -0.2) is 56.8 Å². The second kappa shape index (κ2) is 8.55. The fraction of sp³-hybridized carbons (Fsp3) is 0.533. The van der Waals surface area contributed by atoms with Crippen molar-refractivity contribution in [1.29, 1.82) is 0 Å². The highest BCUT2D eigenvalue weighted by Gasteiger charge is 2.15. The molecule has 20 heavy (non-hydrogen) atoms. The van der Waals surface area contributed by atoms with Gasteiger partial charge in [-0.05, 0) is 12.1 Å². The highest BCUT2D eigenvalue weighted by molar-refractivity contribution is 5.76. The summed E-state index contributed by atoms with van der Waals surface area (Å²) in [5.74, 6) is 1.02. The summed E-state index contributed by atoms with van der Waals surface area (Å²) in [6.07, 6.45) is 0.450. The van der Waals surface area contributed by atoms with Crippen LogP contribution in [0.1, 0.15) is 6.42 Å². The molecule has 1 aliphatic heterocycles. The Balaban J connectivity index is 1.50. The molecule has 1 amide bonds. The smallest absolute Gasteiger partial charge is 0.224 e. The van der Waals surface area contributed by atoms with Gasteiger partial charge >= 0.3 is 0 Å². The zero-order chi connectivity index (χ0) is 14.0. The van der Waals surface area contributed by atoms with Crippen LogP contribution in [0.15, 0.2) is 30.3 Å². The maximum atomic E-state index is 11.8. The molecular weight excluding hydrogens is 256 g/mol. The summed E-state index contributed by atoms with van der Waals surface area (Å²) in [7, 11) is 0. The Labute approximate surface area is 119 Å². The first-order valence-corrected chi connectivity index (χ1v) is 7.10. The molecule has 1 aromatic rings. The Morgan fingerprint density at radius 3 is 2.60 bits per heavy atom. The molecule has 0 saturated carbocycles. The van der Waals surface area contributed by atoms with Crippen LogP contribution in [0, 0.1) is 0 Å². The number of hydrogen-bond acceptors (Lipinski definition) is 4. The molecule has 1 saturated heterocycles. The zero-order valence-corrected chi connectivity index (χ0v) is 11.7. The lowest BCUT2D eigenvalue weighted by Gasteiger charge is -2.27. The Hall–Kier alpha value is -1.59. The van der Waals surface area contributed by atoms with E-state index in [2.05, 4.69) is 5.32 Å². The van der Waals surface area contributed by atoms with Crippen LogP contribution >= 0.6 is 0 Å². The SMILES string of the molecule is O=C(CCOCCOc1ccccc1)N1CCNCC1. The van der Waals surface area contributed by atoms with Gasteiger partial charge in [0.05, 0.1) is 19.6 Å². The second-order valence-corrected chi connectivity index (χ2v) is 4.65. The van der Waals surface area contributed by atoms with Crippen LogP contribution in [0.4, 0.5) is 0 Å². The molecule has 1 heterocycles. The molecule has 1 aliphatic rings. The maximum absolute atomic E-state index is 11.8. The summed E-state index contributed by atoms with van der Waals surface area (Å²) < 4.78 is 10.9. The molecule has 0 aliphatic carbocycles. The average molecular weight is 278 g/mol.